The van der Waals surface area contributed by atoms with Crippen LogP contribution in [-0.4, -0.2) is 195 Å². The van der Waals surface area contributed by atoms with Crippen LogP contribution in [0.25, 0.3) is 6.08 Å². The summed E-state index contributed by atoms with van der Waals surface area (Å²) in [6, 6.07) is 4.59. The SMILES string of the molecule is CCCN(CCC)C(=O)C1=Cc2ccc(S(=O)(=O)NCCOCCOCCOCCOCCOCCOCCOCCOCCOCCOCCNC(=O)O)cc2N=C(N)C1. The zero-order valence-corrected chi connectivity index (χ0v) is 36.8. The molecule has 1 aliphatic rings. The topological polar surface area (TPSA) is 246 Å². The molecule has 0 atom stereocenters. The minimum atomic E-state index is -3.84. The number of ether oxygens (including phenoxy) is 10. The highest BCUT2D eigenvalue weighted by atomic mass is 32.2. The third kappa shape index (κ3) is 26.7. The summed E-state index contributed by atoms with van der Waals surface area (Å²) in [5, 5.41) is 10.6. The molecule has 0 aromatic heterocycles. The van der Waals surface area contributed by atoms with Gasteiger partial charge in [0.25, 0.3) is 0 Å². The second-order valence-corrected chi connectivity index (χ2v) is 15.0. The van der Waals surface area contributed by atoms with Crippen LogP contribution in [0.4, 0.5) is 10.5 Å². The Morgan fingerprint density at radius 3 is 1.44 bits per heavy atom. The zero-order chi connectivity index (χ0) is 44.2. The predicted molar refractivity (Wildman–Crippen MR) is 227 cm³/mol. The molecule has 5 N–H and O–H groups in total. The molecule has 0 fully saturated rings. The highest BCUT2D eigenvalue weighted by Gasteiger charge is 2.22. The summed E-state index contributed by atoms with van der Waals surface area (Å²) in [7, 11) is -3.84. The maximum atomic E-state index is 13.2. The van der Waals surface area contributed by atoms with Crippen molar-refractivity contribution in [3.05, 3.63) is 29.3 Å². The number of aliphatic imine (C=N–C) groups is 1. The first kappa shape index (κ1) is 53.8. The summed E-state index contributed by atoms with van der Waals surface area (Å²) in [5.74, 6) is 0.159. The maximum absolute atomic E-state index is 13.2. The summed E-state index contributed by atoms with van der Waals surface area (Å²) in [6.07, 6.45) is 2.55. The van der Waals surface area contributed by atoms with Gasteiger partial charge in [0, 0.05) is 43.7 Å². The largest absolute Gasteiger partial charge is 0.465 e. The fourth-order valence-electron chi connectivity index (χ4n) is 5.38. The number of carbonyl (C=O) groups excluding carboxylic acids is 1. The Labute approximate surface area is 360 Å². The van der Waals surface area contributed by atoms with Gasteiger partial charge in [-0.15, -0.1) is 0 Å². The lowest BCUT2D eigenvalue weighted by molar-refractivity contribution is -0.127. The van der Waals surface area contributed by atoms with E-state index in [-0.39, 0.29) is 42.8 Å². The molecule has 350 valence electrons. The lowest BCUT2D eigenvalue weighted by atomic mass is 10.1. The third-order valence-electron chi connectivity index (χ3n) is 8.24. The molecule has 1 aliphatic heterocycles. The van der Waals surface area contributed by atoms with Crippen LogP contribution < -0.4 is 15.8 Å². The molecule has 20 nitrogen and oxygen atoms in total. The van der Waals surface area contributed by atoms with Gasteiger partial charge in [-0.1, -0.05) is 19.9 Å². The van der Waals surface area contributed by atoms with Gasteiger partial charge in [-0.25, -0.2) is 22.9 Å². The monoisotopic (exact) mass is 891 g/mol. The smallest absolute Gasteiger partial charge is 0.404 e. The molecule has 61 heavy (non-hydrogen) atoms. The zero-order valence-electron chi connectivity index (χ0n) is 35.9. The second-order valence-electron chi connectivity index (χ2n) is 13.2. The number of amides is 2. The summed E-state index contributed by atoms with van der Waals surface area (Å²) < 4.78 is 82.8. The van der Waals surface area contributed by atoms with E-state index in [0.29, 0.717) is 155 Å². The van der Waals surface area contributed by atoms with Crippen molar-refractivity contribution >= 4 is 39.6 Å². The minimum absolute atomic E-state index is 0.0405. The molecule has 1 heterocycles. The van der Waals surface area contributed by atoms with Gasteiger partial charge in [-0.05, 0) is 31.1 Å². The summed E-state index contributed by atoms with van der Waals surface area (Å²) in [6.45, 7) is 13.7. The van der Waals surface area contributed by atoms with Crippen molar-refractivity contribution in [1.82, 2.24) is 14.9 Å². The number of carbonyl (C=O) groups is 2. The van der Waals surface area contributed by atoms with Crippen LogP contribution in [0.3, 0.4) is 0 Å². The lowest BCUT2D eigenvalue weighted by Gasteiger charge is -2.22. The van der Waals surface area contributed by atoms with Crippen molar-refractivity contribution in [2.24, 2.45) is 10.7 Å². The molecule has 0 radical (unpaired) electrons. The Bertz CT molecular complexity index is 1500. The van der Waals surface area contributed by atoms with Gasteiger partial charge in [-0.3, -0.25) is 4.79 Å². The Hall–Kier alpha value is -3.32. The minimum Gasteiger partial charge on any atom is -0.465 e. The number of fused-ring (bicyclic) bond motifs is 1. The van der Waals surface area contributed by atoms with Crippen molar-refractivity contribution < 1.29 is 70.5 Å². The predicted octanol–water partition coefficient (Wildman–Crippen LogP) is 1.82. The molecule has 1 aromatic carbocycles. The van der Waals surface area contributed by atoms with E-state index in [2.05, 4.69) is 15.0 Å². The van der Waals surface area contributed by atoms with E-state index in [9.17, 15) is 18.0 Å². The Balaban J connectivity index is 1.36. The van der Waals surface area contributed by atoms with Crippen LogP contribution in [-0.2, 0) is 62.2 Å². The fourth-order valence-corrected chi connectivity index (χ4v) is 6.41. The highest BCUT2D eigenvalue weighted by molar-refractivity contribution is 7.89. The quantitative estimate of drug-likeness (QED) is 0.0687. The molecule has 1 aromatic rings. The Kier molecular flexibility index (Phi) is 31.0. The Morgan fingerprint density at radius 1 is 0.656 bits per heavy atom. The number of carboxylic acid groups (broad SMARTS) is 1. The van der Waals surface area contributed by atoms with E-state index < -0.39 is 16.1 Å². The van der Waals surface area contributed by atoms with Gasteiger partial charge >= 0.3 is 6.09 Å². The number of hydrogen-bond acceptors (Lipinski definition) is 16. The first-order valence-electron chi connectivity index (χ1n) is 20.9. The molecular formula is C40H69N5O15S. The van der Waals surface area contributed by atoms with Crippen LogP contribution in [0.2, 0.25) is 0 Å². The number of amidine groups is 1. The average molecular weight is 892 g/mol. The van der Waals surface area contributed by atoms with Crippen LogP contribution in [0, 0.1) is 0 Å². The summed E-state index contributed by atoms with van der Waals surface area (Å²) >= 11 is 0. The van der Waals surface area contributed by atoms with Crippen LogP contribution >= 0.6 is 0 Å². The van der Waals surface area contributed by atoms with Gasteiger partial charge in [0.2, 0.25) is 15.9 Å². The van der Waals surface area contributed by atoms with Crippen LogP contribution in [0.5, 0.6) is 0 Å². The number of nitrogens with two attached hydrogens (primary N) is 1. The number of nitrogens with one attached hydrogen (secondary N) is 2. The number of benzene rings is 1. The molecule has 0 saturated carbocycles. The van der Waals surface area contributed by atoms with Crippen molar-refractivity contribution in [1.29, 1.82) is 0 Å². The normalized spacial score (nSPS) is 12.8. The van der Waals surface area contributed by atoms with E-state index in [1.54, 1.807) is 12.1 Å². The molecular weight excluding hydrogens is 823 g/mol. The van der Waals surface area contributed by atoms with Gasteiger partial charge in [0.15, 0.2) is 0 Å². The van der Waals surface area contributed by atoms with E-state index in [4.69, 9.17) is 58.2 Å². The van der Waals surface area contributed by atoms with Gasteiger partial charge < -0.3 is 68.4 Å². The highest BCUT2D eigenvalue weighted by Crippen LogP contribution is 2.29. The molecule has 2 amide bonds. The van der Waals surface area contributed by atoms with Crippen molar-refractivity contribution in [2.75, 3.05) is 158 Å². The summed E-state index contributed by atoms with van der Waals surface area (Å²) in [5.41, 5.74) is 7.69. The lowest BCUT2D eigenvalue weighted by Crippen LogP contribution is -2.34. The standard InChI is InChI=1S/C40H69N5O15S/c1-3-9-45(10-4-2)39(46)35-31-34-5-6-36(33-37(34)44-38(41)32-35)61(49,50)43-8-12-52-14-16-54-18-20-56-22-24-58-26-28-60-30-29-59-27-25-57-23-21-55-19-17-53-15-13-51-11-7-42-40(47)48/h5-6,31,33,42-43H,3-4,7-30,32H2,1-2H3,(H2,41,44)(H,47,48). The number of hydrogen-bond donors (Lipinski definition) is 4. The molecule has 0 saturated heterocycles. The Morgan fingerprint density at radius 2 is 1.05 bits per heavy atom. The number of rotatable bonds is 40. The molecule has 0 bridgehead atoms. The van der Waals surface area contributed by atoms with Gasteiger partial charge in [0.05, 0.1) is 143 Å². The summed E-state index contributed by atoms with van der Waals surface area (Å²) in [4.78, 5) is 29.8. The molecule has 21 heteroatoms. The van der Waals surface area contributed by atoms with Crippen molar-refractivity contribution in [2.45, 2.75) is 38.0 Å². The van der Waals surface area contributed by atoms with E-state index >= 15 is 0 Å². The van der Waals surface area contributed by atoms with E-state index in [1.807, 2.05) is 18.7 Å². The molecule has 0 unspecified atom stereocenters. The van der Waals surface area contributed by atoms with Crippen molar-refractivity contribution in [3.63, 3.8) is 0 Å². The second kappa shape index (κ2) is 35.2. The fraction of sp³-hybridized carbons (Fsp3) is 0.725. The van der Waals surface area contributed by atoms with Crippen molar-refractivity contribution in [3.8, 4) is 0 Å². The van der Waals surface area contributed by atoms with Gasteiger partial charge in [-0.2, -0.15) is 0 Å². The first-order chi connectivity index (χ1) is 29.7. The van der Waals surface area contributed by atoms with Crippen LogP contribution in [0.1, 0.15) is 38.7 Å². The molecule has 2 rings (SSSR count). The molecule has 0 spiro atoms. The maximum Gasteiger partial charge on any atom is 0.404 e. The van der Waals surface area contributed by atoms with E-state index in [1.165, 1.54) is 12.1 Å². The van der Waals surface area contributed by atoms with Gasteiger partial charge in [0.1, 0.15) is 5.84 Å². The number of nitrogens with zero attached hydrogens (tertiary/aromatic N) is 2. The third-order valence-corrected chi connectivity index (χ3v) is 9.69. The molecule has 0 aliphatic carbocycles. The van der Waals surface area contributed by atoms with Crippen LogP contribution in [0.15, 0.2) is 33.7 Å². The number of sulfonamides is 1. The van der Waals surface area contributed by atoms with E-state index in [0.717, 1.165) is 12.8 Å². The average Bonchev–Trinajstić information content (AvgIpc) is 3.40. The first-order valence-corrected chi connectivity index (χ1v) is 22.4.